The quantitative estimate of drug-likeness (QED) is 0.0133. The summed E-state index contributed by atoms with van der Waals surface area (Å²) in [5, 5.41) is 41.4. The van der Waals surface area contributed by atoms with E-state index in [1.807, 2.05) is 0 Å². The van der Waals surface area contributed by atoms with Crippen LogP contribution in [-0.4, -0.2) is 104 Å². The summed E-state index contributed by atoms with van der Waals surface area (Å²) in [6.07, 6.45) is 20.7. The molecule has 8 atom stereocenters. The predicted octanol–water partition coefficient (Wildman–Crippen LogP) is 8.48. The van der Waals surface area contributed by atoms with E-state index in [0.29, 0.717) is 12.8 Å². The average Bonchev–Trinajstić information content (AvgIpc) is 3.19. The lowest BCUT2D eigenvalue weighted by atomic mass is 9.85. The number of phosphoric ester groups is 2. The number of unbranched alkanes of at least 4 members (excludes halogenated alkanes) is 23. The van der Waals surface area contributed by atoms with Crippen LogP contribution in [0, 0.1) is 0 Å². The number of phosphoric acid groups is 2. The van der Waals surface area contributed by atoms with Gasteiger partial charge in [-0.05, 0) is 38.5 Å². The summed E-state index contributed by atoms with van der Waals surface area (Å²) in [5.41, 5.74) is 0. The molecule has 15 nitrogen and oxygen atoms in total. The Morgan fingerprint density at radius 2 is 0.932 bits per heavy atom. The van der Waals surface area contributed by atoms with Crippen LogP contribution < -0.4 is 0 Å². The van der Waals surface area contributed by atoms with E-state index < -0.39 is 70.9 Å². The van der Waals surface area contributed by atoms with E-state index in [4.69, 9.17) is 28.3 Å². The van der Waals surface area contributed by atoms with Crippen molar-refractivity contribution in [3.05, 3.63) is 12.2 Å². The lowest BCUT2D eigenvalue weighted by Crippen LogP contribution is -2.64. The van der Waals surface area contributed by atoms with Gasteiger partial charge in [-0.2, -0.15) is 0 Å². The minimum absolute atomic E-state index is 0.218. The van der Waals surface area contributed by atoms with Gasteiger partial charge in [-0.25, -0.2) is 9.13 Å². The molecule has 1 fully saturated rings. The first kappa shape index (κ1) is 56.2. The molecule has 6 unspecified atom stereocenters. The third-order valence-corrected chi connectivity index (χ3v) is 12.2. The molecular formula is C42H82O15P2. The fourth-order valence-corrected chi connectivity index (χ4v) is 8.60. The highest BCUT2D eigenvalue weighted by molar-refractivity contribution is 7.47. The molecule has 0 heterocycles. The molecule has 1 aliphatic rings. The molecule has 350 valence electrons. The van der Waals surface area contributed by atoms with E-state index in [1.54, 1.807) is 0 Å². The van der Waals surface area contributed by atoms with Crippen LogP contribution in [0.2, 0.25) is 0 Å². The van der Waals surface area contributed by atoms with Crippen LogP contribution in [0.1, 0.15) is 187 Å². The number of aliphatic hydroxyl groups excluding tert-OH is 4. The first-order valence-electron chi connectivity index (χ1n) is 22.8. The third-order valence-electron chi connectivity index (χ3n) is 10.7. The maximum Gasteiger partial charge on any atom is 0.472 e. The lowest BCUT2D eigenvalue weighted by molar-refractivity contribution is -0.216. The van der Waals surface area contributed by atoms with E-state index in [-0.39, 0.29) is 19.6 Å². The van der Waals surface area contributed by atoms with Gasteiger partial charge in [0.15, 0.2) is 0 Å². The first-order chi connectivity index (χ1) is 28.2. The minimum atomic E-state index is -5.27. The molecule has 0 radical (unpaired) electrons. The van der Waals surface area contributed by atoms with Crippen molar-refractivity contribution in [3.8, 4) is 0 Å². The molecule has 1 saturated carbocycles. The molecule has 0 amide bonds. The normalized spacial score (nSPS) is 22.8. The molecule has 1 rings (SSSR count). The maximum absolute atomic E-state index is 12.9. The highest BCUT2D eigenvalue weighted by atomic mass is 31.2. The number of carbonyl (C=O) groups excluding carboxylic acids is 1. The summed E-state index contributed by atoms with van der Waals surface area (Å²) in [5.74, 6) is -0.436. The van der Waals surface area contributed by atoms with E-state index >= 15 is 0 Å². The zero-order valence-electron chi connectivity index (χ0n) is 36.2. The number of carbonyl (C=O) groups is 1. The molecular weight excluding hydrogens is 806 g/mol. The zero-order chi connectivity index (χ0) is 43.8. The monoisotopic (exact) mass is 889 g/mol. The number of allylic oxidation sites excluding steroid dienone is 2. The summed E-state index contributed by atoms with van der Waals surface area (Å²) in [6, 6.07) is 0. The summed E-state index contributed by atoms with van der Waals surface area (Å²) in [7, 11) is -10.4. The van der Waals surface area contributed by atoms with Gasteiger partial charge < -0.3 is 44.6 Å². The standard InChI is InChI=1S/C42H82O15P2/c1-3-5-7-9-11-13-15-17-18-20-22-24-26-28-30-32-53-35(33-54-36(43)31-29-27-25-23-21-19-16-14-12-10-8-6-4-2)34-55-59(51,52)57-42-39(46)37(44)41(38(45)40(42)47)56-58(48,49)50/h17-18,35,37-42,44-47H,3-16,19-34H2,1-2H3,(H,51,52)(H2,48,49,50)/b18-17-/t35-,37+,38?,39?,40?,41?,42?/m1/s1. The first-order valence-corrected chi connectivity index (χ1v) is 25.8. The van der Waals surface area contributed by atoms with E-state index in [0.717, 1.165) is 57.8 Å². The summed E-state index contributed by atoms with van der Waals surface area (Å²) in [4.78, 5) is 41.2. The van der Waals surface area contributed by atoms with Crippen molar-refractivity contribution in [2.24, 2.45) is 0 Å². The van der Waals surface area contributed by atoms with Crippen molar-refractivity contribution in [1.82, 2.24) is 0 Å². The van der Waals surface area contributed by atoms with Gasteiger partial charge in [0.2, 0.25) is 0 Å². The summed E-state index contributed by atoms with van der Waals surface area (Å²) in [6.45, 7) is 3.86. The van der Waals surface area contributed by atoms with Crippen molar-refractivity contribution in [2.45, 2.75) is 230 Å². The Morgan fingerprint density at radius 3 is 1.37 bits per heavy atom. The van der Waals surface area contributed by atoms with Crippen molar-refractivity contribution in [3.63, 3.8) is 0 Å². The van der Waals surface area contributed by atoms with Gasteiger partial charge in [0, 0.05) is 13.0 Å². The minimum Gasteiger partial charge on any atom is -0.463 e. The van der Waals surface area contributed by atoms with Crippen LogP contribution in [0.3, 0.4) is 0 Å². The molecule has 0 aromatic rings. The van der Waals surface area contributed by atoms with Gasteiger partial charge in [-0.15, -0.1) is 0 Å². The Labute approximate surface area is 354 Å². The highest BCUT2D eigenvalue weighted by Gasteiger charge is 2.54. The number of rotatable bonds is 39. The van der Waals surface area contributed by atoms with Crippen molar-refractivity contribution < 1.29 is 72.1 Å². The Morgan fingerprint density at radius 1 is 0.542 bits per heavy atom. The predicted molar refractivity (Wildman–Crippen MR) is 227 cm³/mol. The van der Waals surface area contributed by atoms with Crippen LogP contribution in [0.25, 0.3) is 0 Å². The number of ether oxygens (including phenoxy) is 2. The molecule has 59 heavy (non-hydrogen) atoms. The van der Waals surface area contributed by atoms with Crippen LogP contribution in [0.15, 0.2) is 12.2 Å². The number of esters is 1. The zero-order valence-corrected chi connectivity index (χ0v) is 38.0. The largest absolute Gasteiger partial charge is 0.472 e. The molecule has 0 bridgehead atoms. The molecule has 17 heteroatoms. The van der Waals surface area contributed by atoms with E-state index in [2.05, 4.69) is 30.5 Å². The van der Waals surface area contributed by atoms with Gasteiger partial charge in [-0.1, -0.05) is 154 Å². The Bertz CT molecular complexity index is 1140. The number of hydrogen-bond acceptors (Lipinski definition) is 12. The van der Waals surface area contributed by atoms with E-state index in [1.165, 1.54) is 96.3 Å². The van der Waals surface area contributed by atoms with Gasteiger partial charge in [0.05, 0.1) is 6.61 Å². The van der Waals surface area contributed by atoms with Gasteiger partial charge in [0.25, 0.3) is 0 Å². The second-order valence-corrected chi connectivity index (χ2v) is 18.7. The number of hydrogen-bond donors (Lipinski definition) is 7. The number of aliphatic hydroxyl groups is 4. The molecule has 7 N–H and O–H groups in total. The molecule has 0 aromatic carbocycles. The Hall–Kier alpha value is -0.770. The molecule has 0 aromatic heterocycles. The fourth-order valence-electron chi connectivity index (χ4n) is 7.06. The fraction of sp³-hybridized carbons (Fsp3) is 0.929. The van der Waals surface area contributed by atoms with Crippen LogP contribution >= 0.6 is 15.6 Å². The summed E-state index contributed by atoms with van der Waals surface area (Å²) >= 11 is 0. The highest BCUT2D eigenvalue weighted by Crippen LogP contribution is 2.48. The topological polar surface area (TPSA) is 239 Å². The lowest BCUT2D eigenvalue weighted by Gasteiger charge is -2.43. The van der Waals surface area contributed by atoms with Crippen LogP contribution in [-0.2, 0) is 37.0 Å². The van der Waals surface area contributed by atoms with Gasteiger partial charge >= 0.3 is 21.6 Å². The van der Waals surface area contributed by atoms with Crippen molar-refractivity contribution >= 4 is 21.6 Å². The van der Waals surface area contributed by atoms with Crippen molar-refractivity contribution in [2.75, 3.05) is 19.8 Å². The van der Waals surface area contributed by atoms with E-state index in [9.17, 15) is 39.2 Å². The Balaban J connectivity index is 2.53. The molecule has 0 spiro atoms. The SMILES string of the molecule is CCCCCCCC/C=C\CCCCCCCO[C@H](COC(=O)CCCCCCCCCCCCCCC)COP(=O)(O)OC1C(O)C(O)C(OP(=O)(O)O)[C@@H](O)C1O. The van der Waals surface area contributed by atoms with Crippen LogP contribution in [0.5, 0.6) is 0 Å². The second kappa shape index (κ2) is 34.7. The third kappa shape index (κ3) is 29.3. The smallest absolute Gasteiger partial charge is 0.463 e. The van der Waals surface area contributed by atoms with Gasteiger partial charge in [0.1, 0.15) is 49.3 Å². The summed E-state index contributed by atoms with van der Waals surface area (Å²) < 4.78 is 49.8. The van der Waals surface area contributed by atoms with Gasteiger partial charge in [-0.3, -0.25) is 18.4 Å². The van der Waals surface area contributed by atoms with Crippen molar-refractivity contribution in [1.29, 1.82) is 0 Å². The molecule has 1 aliphatic carbocycles. The average molecular weight is 889 g/mol. The second-order valence-electron chi connectivity index (χ2n) is 16.1. The molecule has 0 aliphatic heterocycles. The Kier molecular flexibility index (Phi) is 33.1. The van der Waals surface area contributed by atoms with Crippen LogP contribution in [0.4, 0.5) is 0 Å². The maximum atomic E-state index is 12.9. The molecule has 0 saturated heterocycles.